The van der Waals surface area contributed by atoms with Gasteiger partial charge in [-0.3, -0.25) is 0 Å². The monoisotopic (exact) mass is 217 g/mol. The Kier molecular flexibility index (Phi) is 2.52. The zero-order valence-corrected chi connectivity index (χ0v) is 9.32. The van der Waals surface area contributed by atoms with E-state index in [1.165, 1.54) is 11.1 Å². The van der Waals surface area contributed by atoms with E-state index in [0.717, 1.165) is 36.4 Å². The second-order valence-corrected chi connectivity index (χ2v) is 4.68. The largest absolute Gasteiger partial charge is 0.139 e. The van der Waals surface area contributed by atoms with Gasteiger partial charge in [0.2, 0.25) is 0 Å². The Balaban J connectivity index is 1.94. The summed E-state index contributed by atoms with van der Waals surface area (Å²) in [7, 11) is 0. The highest BCUT2D eigenvalue weighted by Gasteiger charge is 2.26. The van der Waals surface area contributed by atoms with Crippen molar-refractivity contribution < 1.29 is 4.48 Å². The van der Waals surface area contributed by atoms with Crippen LogP contribution in [0.1, 0.15) is 42.0 Å². The quantitative estimate of drug-likeness (QED) is 0.649. The van der Waals surface area contributed by atoms with Crippen molar-refractivity contribution in [1.29, 1.82) is 0 Å². The minimum Gasteiger partial charge on any atom is -0.139 e. The number of hydrogen-bond acceptors (Lipinski definition) is 1. The fraction of sp³-hybridized carbons (Fsp3) is 0.429. The van der Waals surface area contributed by atoms with Crippen molar-refractivity contribution in [2.24, 2.45) is 0 Å². The Hall–Kier alpha value is -1.15. The van der Waals surface area contributed by atoms with Gasteiger partial charge >= 0.3 is 0 Å². The number of rotatable bonds is 1. The fourth-order valence-electron chi connectivity index (χ4n) is 2.72. The molecule has 0 amide bonds. The first-order valence-corrected chi connectivity index (χ1v) is 6.06. The van der Waals surface area contributed by atoms with Gasteiger partial charge in [0.25, 0.3) is 0 Å². The molecular weight excluding hydrogens is 201 g/mol. The molecule has 1 atom stereocenters. The van der Waals surface area contributed by atoms with Gasteiger partial charge in [0.1, 0.15) is 0 Å². The van der Waals surface area contributed by atoms with Gasteiger partial charge in [-0.15, -0.1) is 9.60 Å². The van der Waals surface area contributed by atoms with Crippen molar-refractivity contribution in [3.63, 3.8) is 0 Å². The molecule has 3 rings (SSSR count). The molecule has 0 bridgehead atoms. The van der Waals surface area contributed by atoms with Crippen molar-refractivity contribution in [2.75, 3.05) is 6.54 Å². The van der Waals surface area contributed by atoms with E-state index < -0.39 is 0 Å². The van der Waals surface area contributed by atoms with Crippen LogP contribution >= 0.6 is 0 Å². The van der Waals surface area contributed by atoms with E-state index in [1.807, 2.05) is 0 Å². The summed E-state index contributed by atoms with van der Waals surface area (Å²) in [6.07, 6.45) is 8.51. The number of halogens is 1. The standard InChI is InChI=1S/C14H16FN/c15-16-9-3-6-14(16)13-8-7-11-4-1-2-5-12(11)10-13/h1,4,7-8,10,14H,2-3,5-6,9H2. The molecule has 1 unspecified atom stereocenters. The lowest BCUT2D eigenvalue weighted by Crippen LogP contribution is -2.13. The molecule has 1 aromatic rings. The number of nitrogens with zero attached hydrogens (tertiary/aromatic N) is 1. The lowest BCUT2D eigenvalue weighted by atomic mass is 9.93. The van der Waals surface area contributed by atoms with Crippen molar-refractivity contribution in [3.8, 4) is 0 Å². The Bertz CT molecular complexity index is 425. The molecule has 0 aromatic heterocycles. The Morgan fingerprint density at radius 1 is 1.31 bits per heavy atom. The third kappa shape index (κ3) is 1.67. The molecule has 0 N–H and O–H groups in total. The highest BCUT2D eigenvalue weighted by molar-refractivity contribution is 5.57. The molecule has 16 heavy (non-hydrogen) atoms. The van der Waals surface area contributed by atoms with Crippen molar-refractivity contribution in [1.82, 2.24) is 5.12 Å². The Morgan fingerprint density at radius 3 is 3.06 bits per heavy atom. The first-order chi connectivity index (χ1) is 7.84. The molecule has 1 aliphatic carbocycles. The molecule has 0 saturated carbocycles. The summed E-state index contributed by atoms with van der Waals surface area (Å²) in [6.45, 7) is 0.585. The van der Waals surface area contributed by atoms with Gasteiger partial charge in [-0.05, 0) is 42.4 Å². The minimum atomic E-state index is -0.00351. The third-order valence-corrected chi connectivity index (χ3v) is 3.62. The maximum absolute atomic E-state index is 13.5. The maximum Gasteiger partial charge on any atom is 0.0652 e. The van der Waals surface area contributed by atoms with E-state index in [1.54, 1.807) is 0 Å². The van der Waals surface area contributed by atoms with Crippen molar-refractivity contribution >= 4 is 6.08 Å². The molecule has 1 aromatic carbocycles. The first-order valence-electron chi connectivity index (χ1n) is 6.06. The number of fused-ring (bicyclic) bond motifs is 1. The normalized spacial score (nSPS) is 24.7. The fourth-order valence-corrected chi connectivity index (χ4v) is 2.72. The lowest BCUT2D eigenvalue weighted by molar-refractivity contribution is 0.0102. The van der Waals surface area contributed by atoms with Crippen LogP contribution in [-0.2, 0) is 6.42 Å². The SMILES string of the molecule is FN1CCCC1c1ccc2c(c1)CCC=C2. The smallest absolute Gasteiger partial charge is 0.0652 e. The van der Waals surface area contributed by atoms with Gasteiger partial charge in [0.05, 0.1) is 6.04 Å². The second kappa shape index (κ2) is 4.02. The van der Waals surface area contributed by atoms with Crippen molar-refractivity contribution in [2.45, 2.75) is 31.7 Å². The molecule has 1 aliphatic heterocycles. The summed E-state index contributed by atoms with van der Waals surface area (Å²) in [5, 5.41) is 0.987. The minimum absolute atomic E-state index is 0.00351. The molecule has 1 nitrogen and oxygen atoms in total. The van der Waals surface area contributed by atoms with E-state index in [-0.39, 0.29) is 6.04 Å². The maximum atomic E-state index is 13.5. The highest BCUT2D eigenvalue weighted by Crippen LogP contribution is 2.33. The topological polar surface area (TPSA) is 3.24 Å². The van der Waals surface area contributed by atoms with E-state index in [0.29, 0.717) is 6.54 Å². The van der Waals surface area contributed by atoms with E-state index in [4.69, 9.17) is 0 Å². The van der Waals surface area contributed by atoms with Crippen LogP contribution < -0.4 is 0 Å². The molecule has 1 fully saturated rings. The van der Waals surface area contributed by atoms with Gasteiger partial charge in [-0.2, -0.15) is 0 Å². The van der Waals surface area contributed by atoms with Gasteiger partial charge in [-0.25, -0.2) is 0 Å². The molecule has 1 heterocycles. The van der Waals surface area contributed by atoms with Crippen LogP contribution in [0.15, 0.2) is 24.3 Å². The van der Waals surface area contributed by atoms with Crippen LogP contribution in [0.5, 0.6) is 0 Å². The first kappa shape index (κ1) is 10.0. The van der Waals surface area contributed by atoms with Gasteiger partial charge in [0, 0.05) is 6.54 Å². The van der Waals surface area contributed by atoms with E-state index >= 15 is 0 Å². The van der Waals surface area contributed by atoms with Crippen LogP contribution in [0.2, 0.25) is 0 Å². The Labute approximate surface area is 95.5 Å². The molecule has 0 radical (unpaired) electrons. The zero-order valence-electron chi connectivity index (χ0n) is 9.32. The summed E-state index contributed by atoms with van der Waals surface area (Å²) in [5.41, 5.74) is 3.83. The number of benzene rings is 1. The summed E-state index contributed by atoms with van der Waals surface area (Å²) in [5.74, 6) is 0. The molecule has 2 heteroatoms. The predicted octanol–water partition coefficient (Wildman–Crippen LogP) is 3.67. The van der Waals surface area contributed by atoms with E-state index in [2.05, 4.69) is 30.4 Å². The molecular formula is C14H16FN. The van der Waals surface area contributed by atoms with Crippen LogP contribution in [0.4, 0.5) is 4.48 Å². The van der Waals surface area contributed by atoms with E-state index in [9.17, 15) is 4.48 Å². The number of aryl methyl sites for hydroxylation is 1. The molecule has 0 spiro atoms. The van der Waals surface area contributed by atoms with Crippen LogP contribution in [0.25, 0.3) is 6.08 Å². The summed E-state index contributed by atoms with van der Waals surface area (Å²) in [6, 6.07) is 6.40. The van der Waals surface area contributed by atoms with Gasteiger partial charge in [0.15, 0.2) is 0 Å². The second-order valence-electron chi connectivity index (χ2n) is 4.68. The van der Waals surface area contributed by atoms with Crippen molar-refractivity contribution in [3.05, 3.63) is 41.0 Å². The van der Waals surface area contributed by atoms with Gasteiger partial charge < -0.3 is 0 Å². The van der Waals surface area contributed by atoms with Crippen LogP contribution in [0, 0.1) is 0 Å². The lowest BCUT2D eigenvalue weighted by Gasteiger charge is -2.18. The Morgan fingerprint density at radius 2 is 2.25 bits per heavy atom. The third-order valence-electron chi connectivity index (χ3n) is 3.62. The van der Waals surface area contributed by atoms with Crippen LogP contribution in [0.3, 0.4) is 0 Å². The van der Waals surface area contributed by atoms with Gasteiger partial charge in [-0.1, -0.05) is 30.4 Å². The zero-order chi connectivity index (χ0) is 11.0. The average molecular weight is 217 g/mol. The molecule has 84 valence electrons. The van der Waals surface area contributed by atoms with Crippen LogP contribution in [-0.4, -0.2) is 11.7 Å². The highest BCUT2D eigenvalue weighted by atomic mass is 19.2. The summed E-state index contributed by atoms with van der Waals surface area (Å²) >= 11 is 0. The molecule has 1 saturated heterocycles. The summed E-state index contributed by atoms with van der Waals surface area (Å²) < 4.78 is 13.5. The average Bonchev–Trinajstić information content (AvgIpc) is 2.75. The summed E-state index contributed by atoms with van der Waals surface area (Å²) in [4.78, 5) is 0. The molecule has 2 aliphatic rings. The number of hydrogen-bond donors (Lipinski definition) is 0. The predicted molar refractivity (Wildman–Crippen MR) is 63.6 cm³/mol. The number of allylic oxidation sites excluding steroid dienone is 1.